The standard InChI is InChI=1S/C21H25N3OS/c1-14(2)16-9-7-8-15(3)21(16)23-20(25)12-24-18-11-6-5-10-17(18)22-19(24)13-26-4/h5-11,14H,12-13H2,1-4H3,(H,23,25). The van der Waals surface area contributed by atoms with Gasteiger partial charge in [-0.3, -0.25) is 4.79 Å². The third-order valence-corrected chi connectivity index (χ3v) is 5.05. The summed E-state index contributed by atoms with van der Waals surface area (Å²) in [6.07, 6.45) is 2.05. The predicted molar refractivity (Wildman–Crippen MR) is 111 cm³/mol. The van der Waals surface area contributed by atoms with Gasteiger partial charge in [-0.25, -0.2) is 4.98 Å². The van der Waals surface area contributed by atoms with Gasteiger partial charge in [-0.2, -0.15) is 11.8 Å². The Morgan fingerprint density at radius 1 is 1.19 bits per heavy atom. The quantitative estimate of drug-likeness (QED) is 0.669. The van der Waals surface area contributed by atoms with E-state index in [-0.39, 0.29) is 12.5 Å². The van der Waals surface area contributed by atoms with E-state index in [1.54, 1.807) is 11.8 Å². The number of aryl methyl sites for hydroxylation is 1. The summed E-state index contributed by atoms with van der Waals surface area (Å²) in [7, 11) is 0. The zero-order valence-corrected chi connectivity index (χ0v) is 16.6. The molecule has 0 radical (unpaired) electrons. The first-order chi connectivity index (χ1) is 12.5. The molecule has 1 amide bonds. The van der Waals surface area contributed by atoms with Crippen molar-refractivity contribution in [1.82, 2.24) is 9.55 Å². The van der Waals surface area contributed by atoms with Gasteiger partial charge in [-0.1, -0.05) is 44.2 Å². The lowest BCUT2D eigenvalue weighted by molar-refractivity contribution is -0.116. The van der Waals surface area contributed by atoms with E-state index in [0.29, 0.717) is 5.92 Å². The summed E-state index contributed by atoms with van der Waals surface area (Å²) in [5, 5.41) is 3.14. The van der Waals surface area contributed by atoms with Gasteiger partial charge in [-0.05, 0) is 42.4 Å². The molecule has 3 rings (SSSR count). The molecule has 0 atom stereocenters. The molecular formula is C21H25N3OS. The molecule has 0 unspecified atom stereocenters. The Morgan fingerprint density at radius 3 is 2.69 bits per heavy atom. The van der Waals surface area contributed by atoms with Crippen LogP contribution in [0.25, 0.3) is 11.0 Å². The lowest BCUT2D eigenvalue weighted by atomic mass is 9.98. The Morgan fingerprint density at radius 2 is 1.96 bits per heavy atom. The van der Waals surface area contributed by atoms with Crippen molar-refractivity contribution < 1.29 is 4.79 Å². The van der Waals surface area contributed by atoms with Crippen LogP contribution in [0.1, 0.15) is 36.7 Å². The number of aromatic nitrogens is 2. The summed E-state index contributed by atoms with van der Waals surface area (Å²) in [6, 6.07) is 14.1. The highest BCUT2D eigenvalue weighted by Crippen LogP contribution is 2.27. The van der Waals surface area contributed by atoms with Gasteiger partial charge in [0, 0.05) is 5.69 Å². The minimum Gasteiger partial charge on any atom is -0.324 e. The lowest BCUT2D eigenvalue weighted by Crippen LogP contribution is -2.21. The number of carbonyl (C=O) groups is 1. The first kappa shape index (κ1) is 18.5. The van der Waals surface area contributed by atoms with Crippen LogP contribution >= 0.6 is 11.8 Å². The fourth-order valence-electron chi connectivity index (χ4n) is 3.21. The number of nitrogens with zero attached hydrogens (tertiary/aromatic N) is 2. The van der Waals surface area contributed by atoms with Gasteiger partial charge in [0.15, 0.2) is 0 Å². The van der Waals surface area contributed by atoms with E-state index in [1.807, 2.05) is 54.1 Å². The summed E-state index contributed by atoms with van der Waals surface area (Å²) in [6.45, 7) is 6.59. The summed E-state index contributed by atoms with van der Waals surface area (Å²) in [5.74, 6) is 2.05. The molecule has 0 fully saturated rings. The summed E-state index contributed by atoms with van der Waals surface area (Å²) < 4.78 is 2.02. The summed E-state index contributed by atoms with van der Waals surface area (Å²) >= 11 is 1.71. The van der Waals surface area contributed by atoms with Crippen LogP contribution in [0.5, 0.6) is 0 Å². The summed E-state index contributed by atoms with van der Waals surface area (Å²) in [4.78, 5) is 17.5. The molecule has 2 aromatic carbocycles. The van der Waals surface area contributed by atoms with Crippen molar-refractivity contribution in [2.45, 2.75) is 39.0 Å². The van der Waals surface area contributed by atoms with Gasteiger partial charge in [-0.15, -0.1) is 0 Å². The molecule has 5 heteroatoms. The van der Waals surface area contributed by atoms with Crippen LogP contribution in [0.2, 0.25) is 0 Å². The monoisotopic (exact) mass is 367 g/mol. The normalized spacial score (nSPS) is 11.3. The van der Waals surface area contributed by atoms with Gasteiger partial charge in [0.2, 0.25) is 5.91 Å². The van der Waals surface area contributed by atoms with Crippen LogP contribution in [0, 0.1) is 6.92 Å². The average molecular weight is 368 g/mol. The van der Waals surface area contributed by atoms with Gasteiger partial charge >= 0.3 is 0 Å². The van der Waals surface area contributed by atoms with E-state index in [1.165, 1.54) is 0 Å². The van der Waals surface area contributed by atoms with Crippen LogP contribution in [-0.4, -0.2) is 21.7 Å². The highest BCUT2D eigenvalue weighted by atomic mass is 32.2. The van der Waals surface area contributed by atoms with Crippen molar-refractivity contribution in [3.63, 3.8) is 0 Å². The van der Waals surface area contributed by atoms with Crippen molar-refractivity contribution in [2.24, 2.45) is 0 Å². The zero-order chi connectivity index (χ0) is 18.7. The van der Waals surface area contributed by atoms with E-state index in [4.69, 9.17) is 0 Å². The zero-order valence-electron chi connectivity index (χ0n) is 15.7. The van der Waals surface area contributed by atoms with Crippen LogP contribution in [0.15, 0.2) is 42.5 Å². The maximum atomic E-state index is 12.8. The van der Waals surface area contributed by atoms with E-state index in [9.17, 15) is 4.79 Å². The molecular weight excluding hydrogens is 342 g/mol. The number of anilines is 1. The molecule has 136 valence electrons. The van der Waals surface area contributed by atoms with Gasteiger partial charge in [0.1, 0.15) is 12.4 Å². The van der Waals surface area contributed by atoms with Crippen molar-refractivity contribution in [2.75, 3.05) is 11.6 Å². The van der Waals surface area contributed by atoms with Gasteiger partial charge < -0.3 is 9.88 Å². The number of hydrogen-bond acceptors (Lipinski definition) is 3. The maximum Gasteiger partial charge on any atom is 0.244 e. The first-order valence-corrected chi connectivity index (χ1v) is 10.2. The number of thioether (sulfide) groups is 1. The largest absolute Gasteiger partial charge is 0.324 e. The summed E-state index contributed by atoms with van der Waals surface area (Å²) in [5.41, 5.74) is 5.12. The Labute approximate surface area is 159 Å². The number of rotatable bonds is 6. The molecule has 0 aliphatic heterocycles. The average Bonchev–Trinajstić information content (AvgIpc) is 2.94. The number of fused-ring (bicyclic) bond motifs is 1. The van der Waals surface area contributed by atoms with Crippen LogP contribution < -0.4 is 5.32 Å². The molecule has 0 aliphatic carbocycles. The van der Waals surface area contributed by atoms with Gasteiger partial charge in [0.05, 0.1) is 16.8 Å². The van der Waals surface area contributed by atoms with E-state index in [0.717, 1.165) is 39.4 Å². The molecule has 1 N–H and O–H groups in total. The number of amides is 1. The van der Waals surface area contributed by atoms with Crippen LogP contribution in [-0.2, 0) is 17.1 Å². The second-order valence-electron chi connectivity index (χ2n) is 6.78. The number of para-hydroxylation sites is 3. The highest BCUT2D eigenvalue weighted by molar-refractivity contribution is 7.97. The molecule has 4 nitrogen and oxygen atoms in total. The third-order valence-electron chi connectivity index (χ3n) is 4.50. The van der Waals surface area contributed by atoms with Gasteiger partial charge in [0.25, 0.3) is 0 Å². The minimum atomic E-state index is -0.0216. The number of benzene rings is 2. The maximum absolute atomic E-state index is 12.8. The highest BCUT2D eigenvalue weighted by Gasteiger charge is 2.16. The molecule has 1 aromatic heterocycles. The van der Waals surface area contributed by atoms with Crippen molar-refractivity contribution in [3.8, 4) is 0 Å². The molecule has 3 aromatic rings. The van der Waals surface area contributed by atoms with Crippen molar-refractivity contribution >= 4 is 34.4 Å². The van der Waals surface area contributed by atoms with E-state index < -0.39 is 0 Å². The molecule has 0 saturated carbocycles. The number of hydrogen-bond donors (Lipinski definition) is 1. The first-order valence-electron chi connectivity index (χ1n) is 8.83. The minimum absolute atomic E-state index is 0.0216. The number of imidazole rings is 1. The third kappa shape index (κ3) is 3.78. The number of nitrogens with one attached hydrogen (secondary N) is 1. The second kappa shape index (κ2) is 7.96. The van der Waals surface area contributed by atoms with E-state index >= 15 is 0 Å². The predicted octanol–water partition coefficient (Wildman–Crippen LogP) is 4.97. The van der Waals surface area contributed by atoms with Crippen LogP contribution in [0.3, 0.4) is 0 Å². The molecule has 1 heterocycles. The van der Waals surface area contributed by atoms with Crippen LogP contribution in [0.4, 0.5) is 5.69 Å². The Hall–Kier alpha value is -2.27. The Kier molecular flexibility index (Phi) is 5.67. The van der Waals surface area contributed by atoms with E-state index in [2.05, 4.69) is 30.2 Å². The smallest absolute Gasteiger partial charge is 0.244 e. The molecule has 0 bridgehead atoms. The molecule has 0 aliphatic rings. The van der Waals surface area contributed by atoms with Crippen molar-refractivity contribution in [3.05, 3.63) is 59.4 Å². The Bertz CT molecular complexity index is 930. The second-order valence-corrected chi connectivity index (χ2v) is 7.64. The Balaban J connectivity index is 1.90. The van der Waals surface area contributed by atoms with Crippen molar-refractivity contribution in [1.29, 1.82) is 0 Å². The molecule has 0 spiro atoms. The fourth-order valence-corrected chi connectivity index (χ4v) is 3.68. The molecule has 26 heavy (non-hydrogen) atoms. The molecule has 0 saturated heterocycles. The topological polar surface area (TPSA) is 46.9 Å². The SMILES string of the molecule is CSCc1nc2ccccc2n1CC(=O)Nc1c(C)cccc1C(C)C. The fraction of sp³-hybridized carbons (Fsp3) is 0.333. The lowest BCUT2D eigenvalue weighted by Gasteiger charge is -2.17. The number of carbonyl (C=O) groups excluding carboxylic acids is 1.